The van der Waals surface area contributed by atoms with E-state index in [1.807, 2.05) is 4.90 Å². The maximum absolute atomic E-state index is 12.5. The zero-order chi connectivity index (χ0) is 13.2. The van der Waals surface area contributed by atoms with Crippen LogP contribution in [0.4, 0.5) is 12.9 Å². The summed E-state index contributed by atoms with van der Waals surface area (Å²) in [5, 5.41) is 0. The topological polar surface area (TPSA) is 6.48 Å². The van der Waals surface area contributed by atoms with Crippen molar-refractivity contribution in [3.8, 4) is 0 Å². The summed E-state index contributed by atoms with van der Waals surface area (Å²) in [5.74, 6) is 0. The van der Waals surface area contributed by atoms with Gasteiger partial charge in [0.15, 0.2) is 0 Å². The van der Waals surface area contributed by atoms with Gasteiger partial charge in [0.2, 0.25) is 0 Å². The lowest BCUT2D eigenvalue weighted by molar-refractivity contribution is 0.104. The Morgan fingerprint density at radius 3 is 2.11 bits per heavy atom. The van der Waals surface area contributed by atoms with Crippen molar-refractivity contribution in [2.45, 2.75) is 31.7 Å². The fraction of sp³-hybridized carbons (Fsp3) is 0.833. The van der Waals surface area contributed by atoms with Crippen molar-refractivity contribution in [3.05, 3.63) is 12.1 Å². The highest BCUT2D eigenvalue weighted by Gasteiger charge is 2.30. The Morgan fingerprint density at radius 1 is 1.06 bits per heavy atom. The molecule has 0 spiro atoms. The fourth-order valence-corrected chi connectivity index (χ4v) is 2.95. The highest BCUT2D eigenvalue weighted by atomic mass is 19.4. The molecule has 0 amide bonds. The summed E-state index contributed by atoms with van der Waals surface area (Å²) in [6, 6.07) is 0.683. The van der Waals surface area contributed by atoms with Crippen molar-refractivity contribution in [2.24, 2.45) is 0 Å². The van der Waals surface area contributed by atoms with Crippen LogP contribution in [0.25, 0.3) is 0 Å². The Balaban J connectivity index is 1.74. The standard InChI is InChI=1S/C12H21BF3N2/c1-11(13(14,15)16)10-17-6-8-18(9-7-17)12-4-2-3-5-12/h12H,1-10H2/q-1. The summed E-state index contributed by atoms with van der Waals surface area (Å²) in [4.78, 5) is 4.33. The normalized spacial score (nSPS) is 24.6. The largest absolute Gasteiger partial charge is 0.506 e. The van der Waals surface area contributed by atoms with Crippen molar-refractivity contribution in [1.29, 1.82) is 0 Å². The molecule has 2 aliphatic rings. The lowest BCUT2D eigenvalue weighted by atomic mass is 9.80. The molecule has 0 atom stereocenters. The predicted molar refractivity (Wildman–Crippen MR) is 68.5 cm³/mol. The Morgan fingerprint density at radius 2 is 1.61 bits per heavy atom. The Hall–Kier alpha value is -0.485. The second kappa shape index (κ2) is 5.65. The predicted octanol–water partition coefficient (Wildman–Crippen LogP) is 2.49. The summed E-state index contributed by atoms with van der Waals surface area (Å²) in [5.41, 5.74) is -0.565. The second-order valence-electron chi connectivity index (χ2n) is 5.48. The molecule has 2 nitrogen and oxygen atoms in total. The zero-order valence-corrected chi connectivity index (χ0v) is 10.8. The third-order valence-electron chi connectivity index (χ3n) is 4.14. The smallest absolute Gasteiger partial charge is 0.445 e. The average molecular weight is 261 g/mol. The van der Waals surface area contributed by atoms with Crippen molar-refractivity contribution < 1.29 is 12.9 Å². The summed E-state index contributed by atoms with van der Waals surface area (Å²) in [6.07, 6.45) is 5.13. The molecule has 18 heavy (non-hydrogen) atoms. The van der Waals surface area contributed by atoms with E-state index in [0.29, 0.717) is 6.04 Å². The van der Waals surface area contributed by atoms with Crippen LogP contribution >= 0.6 is 0 Å². The molecule has 0 unspecified atom stereocenters. The van der Waals surface area contributed by atoms with E-state index in [9.17, 15) is 12.9 Å². The van der Waals surface area contributed by atoms with E-state index in [4.69, 9.17) is 0 Å². The van der Waals surface area contributed by atoms with Crippen LogP contribution in [0, 0.1) is 0 Å². The summed E-state index contributed by atoms with van der Waals surface area (Å²) in [7, 11) is 0. The monoisotopic (exact) mass is 261 g/mol. The number of hydrogen-bond acceptors (Lipinski definition) is 2. The van der Waals surface area contributed by atoms with Gasteiger partial charge in [-0.3, -0.25) is 9.80 Å². The molecule has 0 N–H and O–H groups in total. The van der Waals surface area contributed by atoms with Gasteiger partial charge in [0.1, 0.15) is 0 Å². The van der Waals surface area contributed by atoms with E-state index in [1.54, 1.807) is 0 Å². The first-order chi connectivity index (χ1) is 8.47. The van der Waals surface area contributed by atoms with Gasteiger partial charge >= 0.3 is 6.98 Å². The average Bonchev–Trinajstić information content (AvgIpc) is 2.82. The molecule has 104 valence electrons. The molecule has 1 aliphatic carbocycles. The third-order valence-corrected chi connectivity index (χ3v) is 4.14. The van der Waals surface area contributed by atoms with Crippen LogP contribution in [0.15, 0.2) is 12.1 Å². The maximum Gasteiger partial charge on any atom is 0.506 e. The molecule has 1 saturated carbocycles. The van der Waals surface area contributed by atoms with E-state index in [1.165, 1.54) is 25.7 Å². The molecule has 0 radical (unpaired) electrons. The summed E-state index contributed by atoms with van der Waals surface area (Å²) >= 11 is 0. The van der Waals surface area contributed by atoms with Crippen LogP contribution in [-0.4, -0.2) is 55.5 Å². The molecule has 0 aromatic carbocycles. The Kier molecular flexibility index (Phi) is 4.38. The van der Waals surface area contributed by atoms with Gasteiger partial charge in [-0.15, -0.1) is 12.1 Å². The Bertz CT molecular complexity index is 292. The quantitative estimate of drug-likeness (QED) is 0.717. The Labute approximate surface area is 107 Å². The first-order valence-electron chi connectivity index (χ1n) is 6.81. The molecule has 0 aromatic rings. The minimum absolute atomic E-state index is 0.0119. The van der Waals surface area contributed by atoms with Crippen LogP contribution in [0.5, 0.6) is 0 Å². The van der Waals surface area contributed by atoms with Gasteiger partial charge < -0.3 is 12.9 Å². The van der Waals surface area contributed by atoms with Gasteiger partial charge in [0, 0.05) is 32.2 Å². The van der Waals surface area contributed by atoms with Crippen LogP contribution < -0.4 is 0 Å². The van der Waals surface area contributed by atoms with Crippen molar-refractivity contribution >= 4 is 6.98 Å². The van der Waals surface area contributed by atoms with Crippen LogP contribution in [0.1, 0.15) is 25.7 Å². The van der Waals surface area contributed by atoms with E-state index in [0.717, 1.165) is 26.2 Å². The molecule has 0 bridgehead atoms. The molecular weight excluding hydrogens is 240 g/mol. The van der Waals surface area contributed by atoms with E-state index >= 15 is 0 Å². The molecule has 2 fully saturated rings. The number of nitrogens with zero attached hydrogens (tertiary/aromatic N) is 2. The molecule has 1 saturated heterocycles. The highest BCUT2D eigenvalue weighted by Crippen LogP contribution is 2.25. The van der Waals surface area contributed by atoms with E-state index in [-0.39, 0.29) is 6.54 Å². The summed E-state index contributed by atoms with van der Waals surface area (Å²) in [6.45, 7) is 1.57. The number of piperazine rings is 1. The molecule has 6 heteroatoms. The van der Waals surface area contributed by atoms with Gasteiger partial charge in [-0.2, -0.15) is 0 Å². The van der Waals surface area contributed by atoms with Crippen LogP contribution in [0.2, 0.25) is 0 Å². The fourth-order valence-electron chi connectivity index (χ4n) is 2.95. The SMILES string of the molecule is C=C(CN1CCN(C2CCCC2)CC1)[B-](F)(F)F. The lowest BCUT2D eigenvalue weighted by Crippen LogP contribution is -2.50. The number of halogens is 3. The number of rotatable bonds is 4. The first kappa shape index (κ1) is 13.9. The molecule has 1 aliphatic heterocycles. The third kappa shape index (κ3) is 3.51. The van der Waals surface area contributed by atoms with E-state index < -0.39 is 12.4 Å². The molecule has 1 heterocycles. The van der Waals surface area contributed by atoms with Gasteiger partial charge in [0.05, 0.1) is 0 Å². The lowest BCUT2D eigenvalue weighted by Gasteiger charge is -2.39. The molecule has 0 aromatic heterocycles. The van der Waals surface area contributed by atoms with Crippen LogP contribution in [0.3, 0.4) is 0 Å². The van der Waals surface area contributed by atoms with Gasteiger partial charge in [-0.05, 0) is 19.4 Å². The minimum Gasteiger partial charge on any atom is -0.445 e. The molecular formula is C12H21BF3N2-. The first-order valence-corrected chi connectivity index (χ1v) is 6.81. The van der Waals surface area contributed by atoms with Crippen LogP contribution in [-0.2, 0) is 0 Å². The van der Waals surface area contributed by atoms with Crippen molar-refractivity contribution in [3.63, 3.8) is 0 Å². The van der Waals surface area contributed by atoms with E-state index in [2.05, 4.69) is 11.5 Å². The van der Waals surface area contributed by atoms with Gasteiger partial charge in [-0.1, -0.05) is 12.8 Å². The second-order valence-corrected chi connectivity index (χ2v) is 5.48. The minimum atomic E-state index is -4.87. The van der Waals surface area contributed by atoms with Crippen molar-refractivity contribution in [1.82, 2.24) is 9.80 Å². The zero-order valence-electron chi connectivity index (χ0n) is 10.8. The van der Waals surface area contributed by atoms with Gasteiger partial charge in [0.25, 0.3) is 0 Å². The summed E-state index contributed by atoms with van der Waals surface area (Å²) < 4.78 is 37.4. The number of hydrogen-bond donors (Lipinski definition) is 0. The van der Waals surface area contributed by atoms with Crippen molar-refractivity contribution in [2.75, 3.05) is 32.7 Å². The van der Waals surface area contributed by atoms with Gasteiger partial charge in [-0.25, -0.2) is 0 Å². The highest BCUT2D eigenvalue weighted by molar-refractivity contribution is 6.66. The molecule has 2 rings (SSSR count). The maximum atomic E-state index is 12.5.